The Morgan fingerprint density at radius 1 is 1.19 bits per heavy atom. The first-order chi connectivity index (χ1) is 12.5. The monoisotopic (exact) mass is 386 g/mol. The quantitative estimate of drug-likeness (QED) is 0.718. The molecule has 1 amide bonds. The van der Waals surface area contributed by atoms with E-state index in [9.17, 15) is 9.90 Å². The van der Waals surface area contributed by atoms with E-state index in [1.807, 2.05) is 6.92 Å². The number of hydrogen-bond acceptors (Lipinski definition) is 6. The molecule has 0 saturated heterocycles. The van der Waals surface area contributed by atoms with E-state index < -0.39 is 5.72 Å². The van der Waals surface area contributed by atoms with Crippen LogP contribution in [0.3, 0.4) is 0 Å². The summed E-state index contributed by atoms with van der Waals surface area (Å²) >= 11 is 7.32. The number of nitrogens with one attached hydrogen (secondary N) is 1. The van der Waals surface area contributed by atoms with E-state index in [0.29, 0.717) is 26.8 Å². The Bertz CT molecular complexity index is 975. The molecule has 1 aromatic heterocycles. The zero-order valence-corrected chi connectivity index (χ0v) is 15.4. The largest absolute Gasteiger partial charge is 0.362 e. The van der Waals surface area contributed by atoms with E-state index in [4.69, 9.17) is 11.6 Å². The van der Waals surface area contributed by atoms with Crippen molar-refractivity contribution in [3.8, 4) is 0 Å². The standard InChI is InChI=1S/C18H15ClN4O2S/c1-2-15-20-21-17(26-15)22-23-16(24)13-5-3-4-6-14(13)18(23,25)11-7-9-12(19)10-8-11/h3-10,25H,2H2,1H3,(H,21,22). The number of aromatic nitrogens is 2. The SMILES string of the molecule is CCc1nnc(NN2C(=O)c3ccccc3C2(O)c2ccc(Cl)cc2)s1. The van der Waals surface area contributed by atoms with Gasteiger partial charge in [0.05, 0.1) is 0 Å². The number of fused-ring (bicyclic) bond motifs is 1. The van der Waals surface area contributed by atoms with Gasteiger partial charge in [-0.05, 0) is 24.6 Å². The topological polar surface area (TPSA) is 78.4 Å². The van der Waals surface area contributed by atoms with Crippen LogP contribution >= 0.6 is 22.9 Å². The summed E-state index contributed by atoms with van der Waals surface area (Å²) in [5, 5.41) is 22.7. The number of hydrogen-bond donors (Lipinski definition) is 2. The molecular formula is C18H15ClN4O2S. The van der Waals surface area contributed by atoms with Gasteiger partial charge in [-0.2, -0.15) is 0 Å². The molecule has 0 saturated carbocycles. The fraction of sp³-hybridized carbons (Fsp3) is 0.167. The van der Waals surface area contributed by atoms with Gasteiger partial charge in [0.2, 0.25) is 10.9 Å². The Hall–Kier alpha value is -2.48. The average molecular weight is 387 g/mol. The Labute approximate surface area is 159 Å². The number of aliphatic hydroxyl groups is 1. The second-order valence-electron chi connectivity index (χ2n) is 5.83. The van der Waals surface area contributed by atoms with Crippen molar-refractivity contribution in [1.29, 1.82) is 0 Å². The molecule has 2 heterocycles. The maximum absolute atomic E-state index is 13.0. The van der Waals surface area contributed by atoms with Gasteiger partial charge in [0, 0.05) is 21.7 Å². The molecule has 2 aromatic carbocycles. The fourth-order valence-corrected chi connectivity index (χ4v) is 3.79. The summed E-state index contributed by atoms with van der Waals surface area (Å²) in [6.45, 7) is 1.98. The number of rotatable bonds is 4. The number of halogens is 1. The predicted molar refractivity (Wildman–Crippen MR) is 100.0 cm³/mol. The molecule has 6 nitrogen and oxygen atoms in total. The lowest BCUT2D eigenvalue weighted by atomic mass is 9.94. The summed E-state index contributed by atoms with van der Waals surface area (Å²) in [5.74, 6) is -0.341. The lowest BCUT2D eigenvalue weighted by Gasteiger charge is -2.34. The third-order valence-electron chi connectivity index (χ3n) is 4.28. The molecule has 4 rings (SSSR count). The first-order valence-corrected chi connectivity index (χ1v) is 9.25. The molecule has 0 aliphatic carbocycles. The van der Waals surface area contributed by atoms with Gasteiger partial charge in [-0.3, -0.25) is 10.2 Å². The normalized spacial score (nSPS) is 18.9. The summed E-state index contributed by atoms with van der Waals surface area (Å²) in [6.07, 6.45) is 0.745. The van der Waals surface area contributed by atoms with Crippen LogP contribution in [0.2, 0.25) is 5.02 Å². The van der Waals surface area contributed by atoms with Gasteiger partial charge in [-0.15, -0.1) is 10.2 Å². The minimum Gasteiger partial charge on any atom is -0.362 e. The van der Waals surface area contributed by atoms with Gasteiger partial charge < -0.3 is 5.11 Å². The van der Waals surface area contributed by atoms with E-state index >= 15 is 0 Å². The van der Waals surface area contributed by atoms with E-state index in [-0.39, 0.29) is 5.91 Å². The molecule has 0 spiro atoms. The molecule has 132 valence electrons. The summed E-state index contributed by atoms with van der Waals surface area (Å²) in [5.41, 5.74) is 2.71. The predicted octanol–water partition coefficient (Wildman–Crippen LogP) is 3.43. The minimum absolute atomic E-state index is 0.341. The van der Waals surface area contributed by atoms with Crippen molar-refractivity contribution < 1.29 is 9.90 Å². The molecule has 3 aromatic rings. The van der Waals surface area contributed by atoms with E-state index in [1.54, 1.807) is 48.5 Å². The molecule has 0 fully saturated rings. The maximum atomic E-state index is 13.0. The molecule has 8 heteroatoms. The lowest BCUT2D eigenvalue weighted by Crippen LogP contribution is -2.48. The molecule has 1 atom stereocenters. The number of benzene rings is 2. The van der Waals surface area contributed by atoms with E-state index in [1.165, 1.54) is 16.3 Å². The van der Waals surface area contributed by atoms with Crippen molar-refractivity contribution in [3.05, 3.63) is 75.3 Å². The van der Waals surface area contributed by atoms with Crippen LogP contribution in [0.15, 0.2) is 48.5 Å². The van der Waals surface area contributed by atoms with Crippen LogP contribution in [0.1, 0.15) is 33.4 Å². The van der Waals surface area contributed by atoms with Crippen LogP contribution in [0.5, 0.6) is 0 Å². The van der Waals surface area contributed by atoms with Crippen molar-refractivity contribution in [2.24, 2.45) is 0 Å². The van der Waals surface area contributed by atoms with Crippen molar-refractivity contribution in [1.82, 2.24) is 15.2 Å². The molecule has 2 N–H and O–H groups in total. The van der Waals surface area contributed by atoms with Crippen LogP contribution in [0, 0.1) is 0 Å². The highest BCUT2D eigenvalue weighted by atomic mass is 35.5. The maximum Gasteiger partial charge on any atom is 0.275 e. The van der Waals surface area contributed by atoms with E-state index in [2.05, 4.69) is 15.6 Å². The van der Waals surface area contributed by atoms with Crippen LogP contribution in [-0.2, 0) is 12.1 Å². The number of hydrazine groups is 1. The highest BCUT2D eigenvalue weighted by Gasteiger charge is 2.50. The zero-order chi connectivity index (χ0) is 18.3. The van der Waals surface area contributed by atoms with Gasteiger partial charge in [-0.25, -0.2) is 5.01 Å². The number of carbonyl (C=O) groups is 1. The number of carbonyl (C=O) groups excluding carboxylic acids is 1. The molecule has 1 aliphatic rings. The minimum atomic E-state index is -1.68. The Morgan fingerprint density at radius 2 is 1.92 bits per heavy atom. The molecule has 26 heavy (non-hydrogen) atoms. The van der Waals surface area contributed by atoms with Crippen molar-refractivity contribution in [2.45, 2.75) is 19.1 Å². The summed E-state index contributed by atoms with van der Waals surface area (Å²) in [6, 6.07) is 13.7. The fourth-order valence-electron chi connectivity index (χ4n) is 3.00. The molecule has 1 aliphatic heterocycles. The van der Waals surface area contributed by atoms with Crippen molar-refractivity contribution in [2.75, 3.05) is 5.43 Å². The van der Waals surface area contributed by atoms with Crippen LogP contribution in [0.25, 0.3) is 0 Å². The third kappa shape index (κ3) is 2.56. The second kappa shape index (κ2) is 6.35. The van der Waals surface area contributed by atoms with Crippen LogP contribution in [0.4, 0.5) is 5.13 Å². The lowest BCUT2D eigenvalue weighted by molar-refractivity contribution is -0.0374. The Kier molecular flexibility index (Phi) is 4.14. The average Bonchev–Trinajstić information content (AvgIpc) is 3.20. The van der Waals surface area contributed by atoms with Gasteiger partial charge in [0.15, 0.2) is 0 Å². The molecule has 0 radical (unpaired) electrons. The van der Waals surface area contributed by atoms with Gasteiger partial charge in [-0.1, -0.05) is 60.2 Å². The first kappa shape index (κ1) is 17.0. The Balaban J connectivity index is 1.83. The number of aryl methyl sites for hydroxylation is 1. The summed E-state index contributed by atoms with van der Waals surface area (Å²) in [4.78, 5) is 13.0. The van der Waals surface area contributed by atoms with Crippen LogP contribution in [-0.4, -0.2) is 26.2 Å². The zero-order valence-electron chi connectivity index (χ0n) is 13.8. The van der Waals surface area contributed by atoms with E-state index in [0.717, 1.165) is 11.4 Å². The summed E-state index contributed by atoms with van der Waals surface area (Å²) < 4.78 is 0. The first-order valence-electron chi connectivity index (χ1n) is 8.05. The Morgan fingerprint density at radius 3 is 2.62 bits per heavy atom. The third-order valence-corrected chi connectivity index (χ3v) is 5.51. The highest BCUT2D eigenvalue weighted by Crippen LogP contribution is 2.42. The second-order valence-corrected chi connectivity index (χ2v) is 7.33. The number of amides is 1. The summed E-state index contributed by atoms with van der Waals surface area (Å²) in [7, 11) is 0. The molecule has 1 unspecified atom stereocenters. The number of nitrogens with zero attached hydrogens (tertiary/aromatic N) is 3. The van der Waals surface area contributed by atoms with Crippen LogP contribution < -0.4 is 5.43 Å². The van der Waals surface area contributed by atoms with Crippen molar-refractivity contribution in [3.63, 3.8) is 0 Å². The number of anilines is 1. The van der Waals surface area contributed by atoms with Gasteiger partial charge in [0.1, 0.15) is 5.01 Å². The highest BCUT2D eigenvalue weighted by molar-refractivity contribution is 7.15. The molecule has 0 bridgehead atoms. The van der Waals surface area contributed by atoms with Crippen molar-refractivity contribution >= 4 is 34.0 Å². The smallest absolute Gasteiger partial charge is 0.275 e. The van der Waals surface area contributed by atoms with Gasteiger partial charge >= 0.3 is 0 Å². The molecular weight excluding hydrogens is 372 g/mol. The van der Waals surface area contributed by atoms with Gasteiger partial charge in [0.25, 0.3) is 5.91 Å².